The molecule has 2 aromatic rings. The van der Waals surface area contributed by atoms with Gasteiger partial charge in [0, 0.05) is 12.2 Å². The Morgan fingerprint density at radius 2 is 1.94 bits per heavy atom. The van der Waals surface area contributed by atoms with Crippen LogP contribution in [0.2, 0.25) is 0 Å². The van der Waals surface area contributed by atoms with Crippen molar-refractivity contribution in [1.29, 1.82) is 0 Å². The van der Waals surface area contributed by atoms with E-state index in [1.165, 1.54) is 11.3 Å². The first-order chi connectivity index (χ1) is 8.69. The Morgan fingerprint density at radius 1 is 1.17 bits per heavy atom. The lowest BCUT2D eigenvalue weighted by atomic mass is 10.1. The smallest absolute Gasteiger partial charge is 0.0696 e. The molecule has 96 valence electrons. The Morgan fingerprint density at radius 3 is 2.56 bits per heavy atom. The van der Waals surface area contributed by atoms with Crippen LogP contribution >= 0.6 is 0 Å². The van der Waals surface area contributed by atoms with Gasteiger partial charge in [-0.1, -0.05) is 26.0 Å². The topological polar surface area (TPSA) is 43.8 Å². The zero-order valence-electron chi connectivity index (χ0n) is 11.4. The fourth-order valence-electron chi connectivity index (χ4n) is 2.15. The van der Waals surface area contributed by atoms with Crippen LogP contribution < -0.4 is 5.73 Å². The van der Waals surface area contributed by atoms with Crippen LogP contribution in [0, 0.1) is 6.92 Å². The molecule has 0 aliphatic rings. The first-order valence-corrected chi connectivity index (χ1v) is 6.57. The number of benzene rings is 1. The average molecular weight is 243 g/mol. The Kier molecular flexibility index (Phi) is 3.82. The Balaban J connectivity index is 2.59. The van der Waals surface area contributed by atoms with Gasteiger partial charge in [-0.3, -0.25) is 0 Å². The van der Waals surface area contributed by atoms with E-state index in [0.29, 0.717) is 6.54 Å². The van der Waals surface area contributed by atoms with E-state index >= 15 is 0 Å². The lowest BCUT2D eigenvalue weighted by molar-refractivity contribution is 0.782. The number of aromatic nitrogens is 2. The van der Waals surface area contributed by atoms with Crippen LogP contribution in [0.5, 0.6) is 0 Å². The van der Waals surface area contributed by atoms with Gasteiger partial charge < -0.3 is 5.73 Å². The highest BCUT2D eigenvalue weighted by Gasteiger charge is 2.10. The summed E-state index contributed by atoms with van der Waals surface area (Å²) in [6.45, 7) is 6.93. The van der Waals surface area contributed by atoms with Crippen LogP contribution in [0.1, 0.15) is 36.4 Å². The zero-order chi connectivity index (χ0) is 13.1. The Hall–Kier alpha value is -1.61. The normalized spacial score (nSPS) is 10.9. The summed E-state index contributed by atoms with van der Waals surface area (Å²) < 4.78 is 2.05. The molecule has 0 spiro atoms. The van der Waals surface area contributed by atoms with E-state index in [-0.39, 0.29) is 0 Å². The van der Waals surface area contributed by atoms with Gasteiger partial charge in [0.1, 0.15) is 0 Å². The fraction of sp³-hybridized carbons (Fsp3) is 0.400. The summed E-state index contributed by atoms with van der Waals surface area (Å²) in [5.41, 5.74) is 11.7. The van der Waals surface area contributed by atoms with Crippen LogP contribution in [-0.2, 0) is 19.4 Å². The third-order valence-corrected chi connectivity index (χ3v) is 3.25. The fourth-order valence-corrected chi connectivity index (χ4v) is 2.15. The van der Waals surface area contributed by atoms with Gasteiger partial charge in [-0.15, -0.1) is 0 Å². The number of hydrogen-bond donors (Lipinski definition) is 1. The zero-order valence-corrected chi connectivity index (χ0v) is 11.4. The Bertz CT molecular complexity index is 541. The summed E-state index contributed by atoms with van der Waals surface area (Å²) in [5, 5.41) is 4.68. The second-order valence-corrected chi connectivity index (χ2v) is 4.58. The maximum absolute atomic E-state index is 5.83. The van der Waals surface area contributed by atoms with Gasteiger partial charge in [-0.25, -0.2) is 4.68 Å². The van der Waals surface area contributed by atoms with Gasteiger partial charge in [0.05, 0.1) is 11.4 Å². The quantitative estimate of drug-likeness (QED) is 0.897. The van der Waals surface area contributed by atoms with Gasteiger partial charge in [-0.05, 0) is 43.0 Å². The maximum atomic E-state index is 5.83. The van der Waals surface area contributed by atoms with Gasteiger partial charge in [0.25, 0.3) is 0 Å². The van der Waals surface area contributed by atoms with E-state index < -0.39 is 0 Å². The largest absolute Gasteiger partial charge is 0.326 e. The molecule has 0 aliphatic carbocycles. The predicted octanol–water partition coefficient (Wildman–Crippen LogP) is 2.76. The number of nitrogens with zero attached hydrogens (tertiary/aromatic N) is 2. The molecule has 0 fully saturated rings. The minimum atomic E-state index is 0.542. The molecule has 1 heterocycles. The van der Waals surface area contributed by atoms with Gasteiger partial charge in [0.15, 0.2) is 0 Å². The summed E-state index contributed by atoms with van der Waals surface area (Å²) in [6, 6.07) is 8.54. The van der Waals surface area contributed by atoms with Crippen molar-refractivity contribution in [2.75, 3.05) is 0 Å². The van der Waals surface area contributed by atoms with E-state index in [9.17, 15) is 0 Å². The molecule has 2 N–H and O–H groups in total. The molecular weight excluding hydrogens is 222 g/mol. The second kappa shape index (κ2) is 5.36. The van der Waals surface area contributed by atoms with Crippen molar-refractivity contribution in [3.05, 3.63) is 46.8 Å². The highest BCUT2D eigenvalue weighted by molar-refractivity contribution is 5.44. The molecule has 3 nitrogen and oxygen atoms in total. The molecule has 0 saturated carbocycles. The van der Waals surface area contributed by atoms with Crippen molar-refractivity contribution in [2.24, 2.45) is 5.73 Å². The van der Waals surface area contributed by atoms with Gasteiger partial charge >= 0.3 is 0 Å². The predicted molar refractivity (Wildman–Crippen MR) is 74.9 cm³/mol. The van der Waals surface area contributed by atoms with E-state index in [4.69, 9.17) is 5.73 Å². The maximum Gasteiger partial charge on any atom is 0.0696 e. The highest BCUT2D eigenvalue weighted by atomic mass is 15.3. The van der Waals surface area contributed by atoms with Crippen molar-refractivity contribution < 1.29 is 0 Å². The van der Waals surface area contributed by atoms with Gasteiger partial charge in [0.2, 0.25) is 0 Å². The van der Waals surface area contributed by atoms with Crippen LogP contribution in [0.15, 0.2) is 24.3 Å². The number of rotatable bonds is 4. The molecule has 0 radical (unpaired) electrons. The summed E-state index contributed by atoms with van der Waals surface area (Å²) in [7, 11) is 0. The third-order valence-electron chi connectivity index (χ3n) is 3.25. The number of nitrogens with two attached hydrogens (primary N) is 1. The molecule has 1 aromatic heterocycles. The van der Waals surface area contributed by atoms with E-state index in [0.717, 1.165) is 29.8 Å². The van der Waals surface area contributed by atoms with Crippen molar-refractivity contribution >= 4 is 0 Å². The van der Waals surface area contributed by atoms with Crippen molar-refractivity contribution in [2.45, 2.75) is 40.2 Å². The molecule has 1 aromatic carbocycles. The molecule has 0 aliphatic heterocycles. The lowest BCUT2D eigenvalue weighted by Crippen LogP contribution is -2.08. The molecule has 0 bridgehead atoms. The molecule has 0 atom stereocenters. The van der Waals surface area contributed by atoms with E-state index in [1.807, 2.05) is 4.68 Å². The third kappa shape index (κ3) is 2.31. The minimum absolute atomic E-state index is 0.542. The monoisotopic (exact) mass is 243 g/mol. The summed E-state index contributed by atoms with van der Waals surface area (Å²) >= 11 is 0. The van der Waals surface area contributed by atoms with E-state index in [1.54, 1.807) is 0 Å². The second-order valence-electron chi connectivity index (χ2n) is 4.58. The van der Waals surface area contributed by atoms with Crippen LogP contribution in [-0.4, -0.2) is 9.78 Å². The molecule has 0 amide bonds. The summed E-state index contributed by atoms with van der Waals surface area (Å²) in [5.74, 6) is 0. The minimum Gasteiger partial charge on any atom is -0.326 e. The average Bonchev–Trinajstić information content (AvgIpc) is 2.81. The highest BCUT2D eigenvalue weighted by Crippen LogP contribution is 2.19. The standard InChI is InChI=1S/C15H21N3/c1-4-13-9-14(5-2)18(17-13)15-8-11(3)6-7-12(15)10-16/h6-9H,4-5,10,16H2,1-3H3. The molecule has 3 heteroatoms. The first kappa shape index (κ1) is 12.8. The first-order valence-electron chi connectivity index (χ1n) is 6.57. The molecular formula is C15H21N3. The number of hydrogen-bond acceptors (Lipinski definition) is 2. The Labute approximate surface area is 109 Å². The van der Waals surface area contributed by atoms with Crippen molar-refractivity contribution in [3.63, 3.8) is 0 Å². The van der Waals surface area contributed by atoms with Crippen molar-refractivity contribution in [3.8, 4) is 5.69 Å². The van der Waals surface area contributed by atoms with E-state index in [2.05, 4.69) is 50.1 Å². The number of aryl methyl sites for hydroxylation is 3. The van der Waals surface area contributed by atoms with Gasteiger partial charge in [-0.2, -0.15) is 5.10 Å². The molecule has 0 saturated heterocycles. The lowest BCUT2D eigenvalue weighted by Gasteiger charge is -2.11. The van der Waals surface area contributed by atoms with Crippen LogP contribution in [0.4, 0.5) is 0 Å². The van der Waals surface area contributed by atoms with Crippen LogP contribution in [0.3, 0.4) is 0 Å². The SMILES string of the molecule is CCc1cc(CC)n(-c2cc(C)ccc2CN)n1. The molecule has 18 heavy (non-hydrogen) atoms. The molecule has 2 rings (SSSR count). The van der Waals surface area contributed by atoms with Crippen molar-refractivity contribution in [1.82, 2.24) is 9.78 Å². The molecule has 0 unspecified atom stereocenters. The summed E-state index contributed by atoms with van der Waals surface area (Å²) in [6.07, 6.45) is 1.94. The van der Waals surface area contributed by atoms with Crippen LogP contribution in [0.25, 0.3) is 5.69 Å². The summed E-state index contributed by atoms with van der Waals surface area (Å²) in [4.78, 5) is 0.